The Labute approximate surface area is 214 Å². The van der Waals surface area contributed by atoms with E-state index < -0.39 is 0 Å². The van der Waals surface area contributed by atoms with Crippen molar-refractivity contribution < 1.29 is 9.53 Å². The Morgan fingerprint density at radius 3 is 2.53 bits per heavy atom. The van der Waals surface area contributed by atoms with Crippen molar-refractivity contribution >= 4 is 45.9 Å². The number of hydrogen-bond donors (Lipinski definition) is 3. The van der Waals surface area contributed by atoms with Crippen molar-refractivity contribution in [2.24, 2.45) is 0 Å². The van der Waals surface area contributed by atoms with E-state index in [1.807, 2.05) is 43.3 Å². The number of aryl methyl sites for hydroxylation is 1. The third-order valence-corrected chi connectivity index (χ3v) is 6.73. The number of carbonyl (C=O) groups excluding carboxylic acids is 1. The molecular weight excluding hydrogens is 478 g/mol. The quantitative estimate of drug-likeness (QED) is 0.352. The monoisotopic (exact) mass is 505 g/mol. The molecule has 0 bridgehead atoms. The van der Waals surface area contributed by atoms with Gasteiger partial charge in [-0.1, -0.05) is 29.8 Å². The van der Waals surface area contributed by atoms with Gasteiger partial charge in [0, 0.05) is 54.3 Å². The number of nitrogens with zero attached hydrogens (tertiary/aromatic N) is 4. The first-order valence-electron chi connectivity index (χ1n) is 11.8. The average Bonchev–Trinajstić information content (AvgIpc) is 3.26. The lowest BCUT2D eigenvalue weighted by atomic mass is 10.1. The zero-order valence-electron chi connectivity index (χ0n) is 20.0. The van der Waals surface area contributed by atoms with Gasteiger partial charge in [-0.15, -0.1) is 0 Å². The van der Waals surface area contributed by atoms with E-state index in [2.05, 4.69) is 36.3 Å². The Morgan fingerprint density at radius 2 is 1.78 bits per heavy atom. The number of morpholine rings is 1. The van der Waals surface area contributed by atoms with Crippen molar-refractivity contribution in [3.63, 3.8) is 0 Å². The van der Waals surface area contributed by atoms with E-state index in [0.29, 0.717) is 22.2 Å². The number of nitrogens with two attached hydrogens (primary N) is 1. The Bertz CT molecular complexity index is 1380. The molecule has 1 aliphatic rings. The second kappa shape index (κ2) is 10.5. The van der Waals surface area contributed by atoms with Gasteiger partial charge in [0.25, 0.3) is 0 Å². The Hall–Kier alpha value is -3.66. The molecule has 2 amide bonds. The van der Waals surface area contributed by atoms with Crippen LogP contribution in [0.15, 0.2) is 55.0 Å². The van der Waals surface area contributed by atoms with Crippen molar-refractivity contribution in [2.45, 2.75) is 13.5 Å². The molecule has 0 atom stereocenters. The van der Waals surface area contributed by atoms with Crippen LogP contribution in [0.4, 0.5) is 22.0 Å². The fourth-order valence-corrected chi connectivity index (χ4v) is 4.49. The number of nitrogens with one attached hydrogen (secondary N) is 2. The largest absolute Gasteiger partial charge is 0.383 e. The fraction of sp³-hybridized carbons (Fsp3) is 0.269. The Morgan fingerprint density at radius 1 is 1.06 bits per heavy atom. The normalized spacial score (nSPS) is 14.2. The third-order valence-electron chi connectivity index (χ3n) is 6.33. The topological polar surface area (TPSA) is 110 Å². The van der Waals surface area contributed by atoms with Crippen LogP contribution in [0.25, 0.3) is 22.2 Å². The highest BCUT2D eigenvalue weighted by Crippen LogP contribution is 2.33. The van der Waals surface area contributed by atoms with Crippen LogP contribution in [0.2, 0.25) is 5.02 Å². The molecule has 36 heavy (non-hydrogen) atoms. The molecule has 4 N–H and O–H groups in total. The molecule has 2 aromatic heterocycles. The van der Waals surface area contributed by atoms with Gasteiger partial charge in [0.2, 0.25) is 0 Å². The summed E-state index contributed by atoms with van der Waals surface area (Å²) in [5.74, 6) is 0.443. The van der Waals surface area contributed by atoms with E-state index >= 15 is 0 Å². The number of urea groups is 1. The predicted molar refractivity (Wildman–Crippen MR) is 143 cm³/mol. The molecule has 0 aliphatic carbocycles. The van der Waals surface area contributed by atoms with Crippen LogP contribution in [-0.2, 0) is 11.3 Å². The summed E-state index contributed by atoms with van der Waals surface area (Å²) in [6.07, 6.45) is 3.58. The standard InChI is InChI=1S/C26H28ClN7O2/c1-17-2-5-20(14-22(17)27)32-26(35)31-19-6-3-18(4-7-19)21-15-34(9-8-33-10-12-36-13-11-33)25-23(21)24(28)29-16-30-25/h2-7,14-16H,8-13H2,1H3,(H2,28,29,30)(H2,31,32,35). The smallest absolute Gasteiger partial charge is 0.323 e. The third kappa shape index (κ3) is 5.28. The lowest BCUT2D eigenvalue weighted by molar-refractivity contribution is 0.0365. The maximum atomic E-state index is 12.4. The maximum absolute atomic E-state index is 12.4. The van der Waals surface area contributed by atoms with Gasteiger partial charge in [-0.3, -0.25) is 4.90 Å². The van der Waals surface area contributed by atoms with E-state index in [1.165, 1.54) is 6.33 Å². The first kappa shape index (κ1) is 24.1. The average molecular weight is 506 g/mol. The van der Waals surface area contributed by atoms with Crippen LogP contribution in [0.1, 0.15) is 5.56 Å². The molecule has 5 rings (SSSR count). The van der Waals surface area contributed by atoms with Crippen molar-refractivity contribution in [1.82, 2.24) is 19.4 Å². The number of ether oxygens (including phenoxy) is 1. The summed E-state index contributed by atoms with van der Waals surface area (Å²) in [5, 5.41) is 7.08. The van der Waals surface area contributed by atoms with Crippen molar-refractivity contribution in [3.05, 3.63) is 65.6 Å². The highest BCUT2D eigenvalue weighted by molar-refractivity contribution is 6.31. The van der Waals surface area contributed by atoms with E-state index in [9.17, 15) is 4.79 Å². The minimum Gasteiger partial charge on any atom is -0.383 e. The second-order valence-electron chi connectivity index (χ2n) is 8.77. The summed E-state index contributed by atoms with van der Waals surface area (Å²) >= 11 is 6.15. The molecule has 0 unspecified atom stereocenters. The number of fused-ring (bicyclic) bond motifs is 1. The van der Waals surface area contributed by atoms with Gasteiger partial charge in [-0.2, -0.15) is 0 Å². The molecule has 2 aromatic carbocycles. The summed E-state index contributed by atoms with van der Waals surface area (Å²) < 4.78 is 7.58. The highest BCUT2D eigenvalue weighted by atomic mass is 35.5. The SMILES string of the molecule is Cc1ccc(NC(=O)Nc2ccc(-c3cn(CCN4CCOCC4)c4ncnc(N)c34)cc2)cc1Cl. The second-order valence-corrected chi connectivity index (χ2v) is 9.18. The van der Waals surface area contributed by atoms with Crippen LogP contribution in [0.3, 0.4) is 0 Å². The molecule has 10 heteroatoms. The molecule has 0 spiro atoms. The van der Waals surface area contributed by atoms with E-state index in [0.717, 1.165) is 67.1 Å². The summed E-state index contributed by atoms with van der Waals surface area (Å²) in [4.78, 5) is 23.6. The van der Waals surface area contributed by atoms with E-state index in [4.69, 9.17) is 22.1 Å². The fourth-order valence-electron chi connectivity index (χ4n) is 4.31. The summed E-state index contributed by atoms with van der Waals surface area (Å²) in [6, 6.07) is 12.7. The lowest BCUT2D eigenvalue weighted by Crippen LogP contribution is -2.38. The van der Waals surface area contributed by atoms with E-state index in [1.54, 1.807) is 6.07 Å². The number of aromatic nitrogens is 3. The molecule has 0 radical (unpaired) electrons. The first-order chi connectivity index (χ1) is 17.5. The van der Waals surface area contributed by atoms with E-state index in [-0.39, 0.29) is 6.03 Å². The van der Waals surface area contributed by atoms with Crippen LogP contribution >= 0.6 is 11.6 Å². The molecule has 4 aromatic rings. The molecule has 1 saturated heterocycles. The molecule has 0 saturated carbocycles. The number of rotatable bonds is 6. The molecule has 1 fully saturated rings. The zero-order chi connectivity index (χ0) is 25.1. The molecular formula is C26H28ClN7O2. The van der Waals surface area contributed by atoms with Crippen molar-refractivity contribution in [2.75, 3.05) is 49.2 Å². The van der Waals surface area contributed by atoms with Crippen LogP contribution in [-0.4, -0.2) is 58.3 Å². The van der Waals surface area contributed by atoms with Gasteiger partial charge in [0.05, 0.1) is 18.6 Å². The number of nitrogen functional groups attached to an aromatic ring is 1. The predicted octanol–water partition coefficient (Wildman–Crippen LogP) is 4.62. The van der Waals surface area contributed by atoms with Gasteiger partial charge in [0.1, 0.15) is 17.8 Å². The van der Waals surface area contributed by atoms with Crippen LogP contribution in [0.5, 0.6) is 0 Å². The van der Waals surface area contributed by atoms with Crippen LogP contribution < -0.4 is 16.4 Å². The maximum Gasteiger partial charge on any atom is 0.323 e. The molecule has 9 nitrogen and oxygen atoms in total. The number of hydrogen-bond acceptors (Lipinski definition) is 6. The van der Waals surface area contributed by atoms with Gasteiger partial charge in [0.15, 0.2) is 0 Å². The number of benzene rings is 2. The van der Waals surface area contributed by atoms with Crippen molar-refractivity contribution in [1.29, 1.82) is 0 Å². The number of amides is 2. The highest BCUT2D eigenvalue weighted by Gasteiger charge is 2.17. The Kier molecular flexibility index (Phi) is 7.04. The van der Waals surface area contributed by atoms with Crippen molar-refractivity contribution in [3.8, 4) is 11.1 Å². The number of halogens is 1. The summed E-state index contributed by atoms with van der Waals surface area (Å²) in [6.45, 7) is 7.00. The lowest BCUT2D eigenvalue weighted by Gasteiger charge is -2.26. The number of carbonyl (C=O) groups is 1. The minimum absolute atomic E-state index is 0.347. The summed E-state index contributed by atoms with van der Waals surface area (Å²) in [5.41, 5.74) is 11.2. The van der Waals surface area contributed by atoms with Crippen LogP contribution in [0, 0.1) is 6.92 Å². The molecule has 186 valence electrons. The summed E-state index contributed by atoms with van der Waals surface area (Å²) in [7, 11) is 0. The van der Waals surface area contributed by atoms with Gasteiger partial charge >= 0.3 is 6.03 Å². The minimum atomic E-state index is -0.347. The first-order valence-corrected chi connectivity index (χ1v) is 12.2. The number of anilines is 3. The van der Waals surface area contributed by atoms with Gasteiger partial charge in [-0.25, -0.2) is 14.8 Å². The van der Waals surface area contributed by atoms with Gasteiger partial charge in [-0.05, 0) is 42.3 Å². The molecule has 3 heterocycles. The van der Waals surface area contributed by atoms with Gasteiger partial charge < -0.3 is 25.7 Å². The molecule has 1 aliphatic heterocycles. The Balaban J connectivity index is 1.32. The zero-order valence-corrected chi connectivity index (χ0v) is 20.8.